The lowest BCUT2D eigenvalue weighted by Gasteiger charge is -2.33. The minimum Gasteiger partial charge on any atom is -0.308 e. The van der Waals surface area contributed by atoms with Gasteiger partial charge in [-0.15, -0.1) is 0 Å². The van der Waals surface area contributed by atoms with E-state index in [4.69, 9.17) is 11.6 Å². The molecule has 1 unspecified atom stereocenters. The monoisotopic (exact) mass is 352 g/mol. The summed E-state index contributed by atoms with van der Waals surface area (Å²) in [6.07, 6.45) is 3.77. The largest absolute Gasteiger partial charge is 0.330 e. The van der Waals surface area contributed by atoms with Crippen molar-refractivity contribution in [2.45, 2.75) is 38.8 Å². The van der Waals surface area contributed by atoms with Crippen LogP contribution < -0.4 is 16.6 Å². The Bertz CT molecular complexity index is 934. The van der Waals surface area contributed by atoms with E-state index < -0.39 is 17.1 Å². The van der Waals surface area contributed by atoms with Crippen LogP contribution >= 0.6 is 11.6 Å². The number of fused-ring (bicyclic) bond motifs is 1. The van der Waals surface area contributed by atoms with Gasteiger partial charge in [0.2, 0.25) is 0 Å². The summed E-state index contributed by atoms with van der Waals surface area (Å²) in [4.78, 5) is 30.8. The first-order valence-electron chi connectivity index (χ1n) is 7.84. The molecule has 0 radical (unpaired) electrons. The number of aromatic nitrogens is 3. The Morgan fingerprint density at radius 3 is 2.92 bits per heavy atom. The maximum Gasteiger partial charge on any atom is 0.330 e. The molecule has 0 saturated carbocycles. The SMILES string of the molecule is CCC[C@@H]1NCC=C(C)C1n1c(=O)[nH]c(=O)c2cc(F)c(Cl)nc21. The number of nitrogens with one attached hydrogen (secondary N) is 2. The Labute approximate surface area is 142 Å². The van der Waals surface area contributed by atoms with Crippen molar-refractivity contribution in [1.82, 2.24) is 19.9 Å². The van der Waals surface area contributed by atoms with Crippen LogP contribution in [0.2, 0.25) is 5.15 Å². The van der Waals surface area contributed by atoms with Crippen LogP contribution in [0.1, 0.15) is 32.7 Å². The molecule has 0 bridgehead atoms. The zero-order valence-corrected chi connectivity index (χ0v) is 14.2. The van der Waals surface area contributed by atoms with Gasteiger partial charge in [0.1, 0.15) is 0 Å². The van der Waals surface area contributed by atoms with Gasteiger partial charge in [-0.1, -0.05) is 36.6 Å². The van der Waals surface area contributed by atoms with Crippen LogP contribution in [0, 0.1) is 5.82 Å². The number of halogens is 2. The van der Waals surface area contributed by atoms with Crippen LogP contribution in [0.15, 0.2) is 27.3 Å². The van der Waals surface area contributed by atoms with Crippen LogP contribution in [0.4, 0.5) is 4.39 Å². The molecule has 0 amide bonds. The second-order valence-corrected chi connectivity index (χ2v) is 6.32. The van der Waals surface area contributed by atoms with Crippen LogP contribution in [0.5, 0.6) is 0 Å². The molecule has 6 nitrogen and oxygen atoms in total. The summed E-state index contributed by atoms with van der Waals surface area (Å²) in [5.41, 5.74) is -0.167. The van der Waals surface area contributed by atoms with Crippen molar-refractivity contribution < 1.29 is 4.39 Å². The Morgan fingerprint density at radius 2 is 2.21 bits per heavy atom. The second kappa shape index (κ2) is 6.49. The molecule has 0 aliphatic carbocycles. The van der Waals surface area contributed by atoms with Crippen molar-refractivity contribution in [2.24, 2.45) is 0 Å². The molecular weight excluding hydrogens is 335 g/mol. The maximum absolute atomic E-state index is 13.7. The average molecular weight is 353 g/mol. The van der Waals surface area contributed by atoms with Gasteiger partial charge in [0.15, 0.2) is 16.6 Å². The van der Waals surface area contributed by atoms with Gasteiger partial charge in [-0.05, 0) is 19.4 Å². The van der Waals surface area contributed by atoms with Crippen LogP contribution in [0.3, 0.4) is 0 Å². The van der Waals surface area contributed by atoms with Crippen molar-refractivity contribution in [1.29, 1.82) is 0 Å². The summed E-state index contributed by atoms with van der Waals surface area (Å²) in [5.74, 6) is -0.793. The van der Waals surface area contributed by atoms with Gasteiger partial charge in [0, 0.05) is 12.6 Å². The zero-order valence-electron chi connectivity index (χ0n) is 13.4. The molecule has 2 atom stereocenters. The molecule has 24 heavy (non-hydrogen) atoms. The molecule has 3 rings (SSSR count). The van der Waals surface area contributed by atoms with Crippen LogP contribution in [0.25, 0.3) is 11.0 Å². The first kappa shape index (κ1) is 16.9. The normalized spacial score (nSPS) is 21.1. The summed E-state index contributed by atoms with van der Waals surface area (Å²) in [6.45, 7) is 4.71. The Hall–Kier alpha value is -1.99. The standard InChI is InChI=1S/C16H18ClFN4O2/c1-3-4-11-12(8(2)5-6-19-11)22-14-9(15(23)21-16(22)24)7-10(18)13(17)20-14/h5,7,11-12,19H,3-4,6H2,1-2H3,(H,21,23,24)/t11-,12?/m0/s1. The third-order valence-corrected chi connectivity index (χ3v) is 4.62. The fourth-order valence-electron chi connectivity index (χ4n) is 3.26. The topological polar surface area (TPSA) is 79.8 Å². The molecule has 8 heteroatoms. The first-order chi connectivity index (χ1) is 11.4. The quantitative estimate of drug-likeness (QED) is 0.655. The van der Waals surface area contributed by atoms with Gasteiger partial charge in [-0.25, -0.2) is 14.2 Å². The van der Waals surface area contributed by atoms with E-state index in [-0.39, 0.29) is 28.3 Å². The van der Waals surface area contributed by atoms with Gasteiger partial charge in [0.25, 0.3) is 5.56 Å². The molecule has 0 fully saturated rings. The third-order valence-electron chi connectivity index (χ3n) is 4.35. The number of H-pyrrole nitrogens is 1. The Kier molecular flexibility index (Phi) is 4.56. The number of pyridine rings is 1. The van der Waals surface area contributed by atoms with Gasteiger partial charge in [0.05, 0.1) is 11.4 Å². The smallest absolute Gasteiger partial charge is 0.308 e. The average Bonchev–Trinajstić information content (AvgIpc) is 2.52. The minimum atomic E-state index is -0.793. The van der Waals surface area contributed by atoms with Gasteiger partial charge in [-0.3, -0.25) is 14.3 Å². The Balaban J connectivity index is 2.34. The lowest BCUT2D eigenvalue weighted by atomic mass is 9.93. The van der Waals surface area contributed by atoms with E-state index in [2.05, 4.69) is 22.2 Å². The molecule has 2 N–H and O–H groups in total. The highest BCUT2D eigenvalue weighted by atomic mass is 35.5. The summed E-state index contributed by atoms with van der Waals surface area (Å²) in [6, 6.07) is 0.709. The second-order valence-electron chi connectivity index (χ2n) is 5.96. The molecule has 3 heterocycles. The molecule has 0 aromatic carbocycles. The lowest BCUT2D eigenvalue weighted by molar-refractivity contribution is 0.355. The van der Waals surface area contributed by atoms with Gasteiger partial charge >= 0.3 is 5.69 Å². The molecule has 1 aliphatic heterocycles. The summed E-state index contributed by atoms with van der Waals surface area (Å²) in [7, 11) is 0. The highest BCUT2D eigenvalue weighted by molar-refractivity contribution is 6.29. The van der Waals surface area contributed by atoms with Crippen LogP contribution in [-0.4, -0.2) is 27.1 Å². The van der Waals surface area contributed by atoms with E-state index in [9.17, 15) is 14.0 Å². The van der Waals surface area contributed by atoms with E-state index >= 15 is 0 Å². The number of hydrogen-bond donors (Lipinski definition) is 2. The molecule has 1 aliphatic rings. The summed E-state index contributed by atoms with van der Waals surface area (Å²) < 4.78 is 15.1. The fraction of sp³-hybridized carbons (Fsp3) is 0.438. The number of aromatic amines is 1. The maximum atomic E-state index is 13.7. The third kappa shape index (κ3) is 2.78. The van der Waals surface area contributed by atoms with Crippen molar-refractivity contribution in [2.75, 3.05) is 6.54 Å². The van der Waals surface area contributed by atoms with E-state index in [1.165, 1.54) is 4.57 Å². The molecule has 2 aromatic heterocycles. The fourth-order valence-corrected chi connectivity index (χ4v) is 3.40. The van der Waals surface area contributed by atoms with Crippen LogP contribution in [-0.2, 0) is 0 Å². The number of hydrogen-bond acceptors (Lipinski definition) is 4. The summed E-state index contributed by atoms with van der Waals surface area (Å²) >= 11 is 5.79. The van der Waals surface area contributed by atoms with Crippen molar-refractivity contribution in [3.05, 3.63) is 49.5 Å². The first-order valence-corrected chi connectivity index (χ1v) is 8.22. The predicted octanol–water partition coefficient (Wildman–Crippen LogP) is 2.14. The van der Waals surface area contributed by atoms with E-state index in [0.29, 0.717) is 6.54 Å². The minimum absolute atomic E-state index is 0.00474. The summed E-state index contributed by atoms with van der Waals surface area (Å²) in [5, 5.41) is 3.01. The molecule has 2 aromatic rings. The van der Waals surface area contributed by atoms with E-state index in [1.54, 1.807) is 0 Å². The van der Waals surface area contributed by atoms with Gasteiger partial charge in [-0.2, -0.15) is 0 Å². The molecular formula is C16H18ClFN4O2. The highest BCUT2D eigenvalue weighted by Gasteiger charge is 2.29. The molecule has 0 saturated heterocycles. The van der Waals surface area contributed by atoms with Crippen molar-refractivity contribution >= 4 is 22.6 Å². The van der Waals surface area contributed by atoms with Gasteiger partial charge < -0.3 is 5.32 Å². The van der Waals surface area contributed by atoms with E-state index in [0.717, 1.165) is 24.5 Å². The highest BCUT2D eigenvalue weighted by Crippen LogP contribution is 2.28. The number of rotatable bonds is 3. The lowest BCUT2D eigenvalue weighted by Crippen LogP contribution is -2.46. The molecule has 128 valence electrons. The van der Waals surface area contributed by atoms with E-state index in [1.807, 2.05) is 13.0 Å². The Morgan fingerprint density at radius 1 is 1.46 bits per heavy atom. The number of nitrogens with zero attached hydrogens (tertiary/aromatic N) is 2. The van der Waals surface area contributed by atoms with Crippen molar-refractivity contribution in [3.8, 4) is 0 Å². The zero-order chi connectivity index (χ0) is 17.4. The molecule has 0 spiro atoms. The van der Waals surface area contributed by atoms with Crippen molar-refractivity contribution in [3.63, 3.8) is 0 Å². The predicted molar refractivity (Wildman–Crippen MR) is 91.1 cm³/mol.